The minimum Gasteiger partial charge on any atom is -0.351 e. The van der Waals surface area contributed by atoms with Crippen molar-refractivity contribution in [3.63, 3.8) is 0 Å². The van der Waals surface area contributed by atoms with Gasteiger partial charge in [-0.2, -0.15) is 14.0 Å². The molecule has 0 saturated carbocycles. The first-order valence-electron chi connectivity index (χ1n) is 5.57. The summed E-state index contributed by atoms with van der Waals surface area (Å²) in [6, 6.07) is 10.8. The molecule has 1 aromatic heterocycles. The summed E-state index contributed by atoms with van der Waals surface area (Å²) in [6.07, 6.45) is 0. The van der Waals surface area contributed by atoms with Gasteiger partial charge in [0.2, 0.25) is 0 Å². The van der Waals surface area contributed by atoms with Crippen molar-refractivity contribution >= 4 is 57.3 Å². The monoisotopic (exact) mass is 320 g/mol. The van der Waals surface area contributed by atoms with Crippen LogP contribution in [0.1, 0.15) is 5.56 Å². The number of aromatic nitrogens is 2. The molecule has 0 amide bonds. The van der Waals surface area contributed by atoms with Crippen molar-refractivity contribution in [2.24, 2.45) is 0 Å². The van der Waals surface area contributed by atoms with Crippen LogP contribution >= 0.6 is 34.9 Å². The van der Waals surface area contributed by atoms with Crippen LogP contribution in [0.5, 0.6) is 0 Å². The van der Waals surface area contributed by atoms with E-state index in [0.717, 1.165) is 17.2 Å². The second-order valence-corrected chi connectivity index (χ2v) is 5.30. The van der Waals surface area contributed by atoms with Crippen molar-refractivity contribution in [3.05, 3.63) is 45.9 Å². The van der Waals surface area contributed by atoms with Crippen molar-refractivity contribution in [3.8, 4) is 6.07 Å². The molecular weight excluding hydrogens is 315 g/mol. The van der Waals surface area contributed by atoms with Gasteiger partial charge in [-0.25, -0.2) is 0 Å². The van der Waals surface area contributed by atoms with E-state index in [4.69, 9.17) is 23.2 Å². The summed E-state index contributed by atoms with van der Waals surface area (Å²) in [6.45, 7) is 0. The summed E-state index contributed by atoms with van der Waals surface area (Å²) in [4.78, 5) is 0. The zero-order chi connectivity index (χ0) is 14.1. The molecule has 2 aromatic carbocycles. The van der Waals surface area contributed by atoms with E-state index in [1.54, 1.807) is 30.3 Å². The smallest absolute Gasteiger partial charge is 0.129 e. The molecule has 0 aliphatic heterocycles. The summed E-state index contributed by atoms with van der Waals surface area (Å²) in [5.41, 5.74) is 3.00. The number of nitrogens with one attached hydrogen (secondary N) is 1. The van der Waals surface area contributed by atoms with E-state index in [-0.39, 0.29) is 0 Å². The molecule has 0 bridgehead atoms. The van der Waals surface area contributed by atoms with Crippen LogP contribution in [0.4, 0.5) is 11.4 Å². The highest BCUT2D eigenvalue weighted by atomic mass is 35.5. The van der Waals surface area contributed by atoms with Gasteiger partial charge in [0.1, 0.15) is 17.1 Å². The van der Waals surface area contributed by atoms with Crippen molar-refractivity contribution in [1.82, 2.24) is 8.75 Å². The lowest BCUT2D eigenvalue weighted by atomic mass is 10.1. The lowest BCUT2D eigenvalue weighted by Gasteiger charge is -2.11. The molecule has 0 spiro atoms. The van der Waals surface area contributed by atoms with Crippen LogP contribution < -0.4 is 5.32 Å². The molecular formula is C13H6Cl2N4S. The molecule has 0 atom stereocenters. The maximum atomic E-state index is 9.19. The van der Waals surface area contributed by atoms with Gasteiger partial charge in [-0.15, -0.1) is 0 Å². The topological polar surface area (TPSA) is 61.6 Å². The van der Waals surface area contributed by atoms with Crippen LogP contribution in [0.2, 0.25) is 10.0 Å². The average molecular weight is 321 g/mol. The Morgan fingerprint density at radius 2 is 1.95 bits per heavy atom. The summed E-state index contributed by atoms with van der Waals surface area (Å²) >= 11 is 13.3. The molecule has 1 N–H and O–H groups in total. The zero-order valence-corrected chi connectivity index (χ0v) is 12.2. The normalized spacial score (nSPS) is 10.4. The lowest BCUT2D eigenvalue weighted by Crippen LogP contribution is -1.96. The fraction of sp³-hybridized carbons (Fsp3) is 0. The quantitative estimate of drug-likeness (QED) is 0.748. The van der Waals surface area contributed by atoms with Crippen LogP contribution in [-0.4, -0.2) is 8.75 Å². The van der Waals surface area contributed by atoms with Crippen LogP contribution in [0.15, 0.2) is 30.3 Å². The predicted octanol–water partition coefficient (Wildman–Crippen LogP) is 4.61. The van der Waals surface area contributed by atoms with Crippen molar-refractivity contribution in [2.45, 2.75) is 0 Å². The summed E-state index contributed by atoms with van der Waals surface area (Å²) in [5.74, 6) is 0. The summed E-state index contributed by atoms with van der Waals surface area (Å²) < 4.78 is 8.38. The molecule has 0 radical (unpaired) electrons. The lowest BCUT2D eigenvalue weighted by molar-refractivity contribution is 1.46. The third-order valence-electron chi connectivity index (χ3n) is 2.76. The van der Waals surface area contributed by atoms with Crippen LogP contribution in [-0.2, 0) is 0 Å². The molecule has 0 saturated heterocycles. The van der Waals surface area contributed by atoms with E-state index >= 15 is 0 Å². The van der Waals surface area contributed by atoms with Crippen LogP contribution in [0, 0.1) is 11.3 Å². The maximum absolute atomic E-state index is 9.19. The number of rotatable bonds is 2. The highest BCUT2D eigenvalue weighted by Crippen LogP contribution is 2.34. The second-order valence-electron chi connectivity index (χ2n) is 3.95. The Balaban J connectivity index is 2.15. The van der Waals surface area contributed by atoms with Crippen LogP contribution in [0.25, 0.3) is 11.0 Å². The number of benzene rings is 2. The fourth-order valence-corrected chi connectivity index (χ4v) is 2.78. The van der Waals surface area contributed by atoms with Gasteiger partial charge in [0.05, 0.1) is 38.7 Å². The molecule has 20 heavy (non-hydrogen) atoms. The Kier molecular flexibility index (Phi) is 3.45. The van der Waals surface area contributed by atoms with E-state index in [1.807, 2.05) is 0 Å². The number of anilines is 2. The zero-order valence-electron chi connectivity index (χ0n) is 9.89. The predicted molar refractivity (Wildman–Crippen MR) is 81.9 cm³/mol. The van der Waals surface area contributed by atoms with Gasteiger partial charge < -0.3 is 5.32 Å². The van der Waals surface area contributed by atoms with E-state index < -0.39 is 0 Å². The Morgan fingerprint density at radius 1 is 1.10 bits per heavy atom. The van der Waals surface area contributed by atoms with Gasteiger partial charge in [0, 0.05) is 0 Å². The maximum Gasteiger partial charge on any atom is 0.129 e. The molecule has 4 nitrogen and oxygen atoms in total. The molecule has 1 heterocycles. The highest BCUT2D eigenvalue weighted by molar-refractivity contribution is 7.00. The molecule has 3 rings (SSSR count). The number of halogens is 2. The van der Waals surface area contributed by atoms with Gasteiger partial charge in [0.25, 0.3) is 0 Å². The SMILES string of the molecule is N#Cc1c(Cl)cccc1Nc1c(Cl)ccc2nsnc12. The Hall–Kier alpha value is -1.87. The van der Waals surface area contributed by atoms with E-state index in [9.17, 15) is 5.26 Å². The Labute approximate surface area is 128 Å². The van der Waals surface area contributed by atoms with Gasteiger partial charge in [-0.05, 0) is 24.3 Å². The first-order chi connectivity index (χ1) is 9.70. The van der Waals surface area contributed by atoms with Crippen LogP contribution in [0.3, 0.4) is 0 Å². The van der Waals surface area contributed by atoms with Gasteiger partial charge in [-0.3, -0.25) is 0 Å². The number of hydrogen-bond donors (Lipinski definition) is 1. The molecule has 7 heteroatoms. The first kappa shape index (κ1) is 13.1. The molecule has 98 valence electrons. The largest absolute Gasteiger partial charge is 0.351 e. The number of nitrogens with zero attached hydrogens (tertiary/aromatic N) is 3. The molecule has 0 aliphatic rings. The summed E-state index contributed by atoms with van der Waals surface area (Å²) in [7, 11) is 0. The third-order valence-corrected chi connectivity index (χ3v) is 3.93. The average Bonchev–Trinajstić information content (AvgIpc) is 2.91. The number of fused-ring (bicyclic) bond motifs is 1. The molecule has 0 fully saturated rings. The van der Waals surface area contributed by atoms with Crippen molar-refractivity contribution in [1.29, 1.82) is 5.26 Å². The minimum absolute atomic E-state index is 0.366. The standard InChI is InChI=1S/C13H6Cl2N4S/c14-8-2-1-3-10(7(8)6-16)17-12-9(15)4-5-11-13(12)19-20-18-11/h1-5,17H. The first-order valence-corrected chi connectivity index (χ1v) is 7.05. The van der Waals surface area contributed by atoms with Gasteiger partial charge in [0.15, 0.2) is 0 Å². The highest BCUT2D eigenvalue weighted by Gasteiger charge is 2.13. The molecule has 0 aliphatic carbocycles. The molecule has 3 aromatic rings. The molecule has 0 unspecified atom stereocenters. The Bertz CT molecular complexity index is 838. The second kappa shape index (κ2) is 5.25. The van der Waals surface area contributed by atoms with Gasteiger partial charge in [-0.1, -0.05) is 29.3 Å². The van der Waals surface area contributed by atoms with E-state index in [0.29, 0.717) is 32.5 Å². The minimum atomic E-state index is 0.366. The van der Waals surface area contributed by atoms with E-state index in [1.165, 1.54) is 0 Å². The van der Waals surface area contributed by atoms with Crippen molar-refractivity contribution in [2.75, 3.05) is 5.32 Å². The third kappa shape index (κ3) is 2.18. The summed E-state index contributed by atoms with van der Waals surface area (Å²) in [5, 5.41) is 13.2. The van der Waals surface area contributed by atoms with Crippen molar-refractivity contribution < 1.29 is 0 Å². The van der Waals surface area contributed by atoms with E-state index in [2.05, 4.69) is 20.1 Å². The Morgan fingerprint density at radius 3 is 2.75 bits per heavy atom. The van der Waals surface area contributed by atoms with Gasteiger partial charge >= 0.3 is 0 Å². The number of nitriles is 1. The number of hydrogen-bond acceptors (Lipinski definition) is 5. The fourth-order valence-electron chi connectivity index (χ4n) is 1.82.